The summed E-state index contributed by atoms with van der Waals surface area (Å²) in [5, 5.41) is 0. The highest BCUT2D eigenvalue weighted by atomic mass is 32.2. The summed E-state index contributed by atoms with van der Waals surface area (Å²) in [7, 11) is 0. The molecule has 1 aliphatic carbocycles. The third-order valence-corrected chi connectivity index (χ3v) is 4.29. The van der Waals surface area contributed by atoms with Gasteiger partial charge in [-0.3, -0.25) is 4.79 Å². The molecule has 1 aromatic carbocycles. The van der Waals surface area contributed by atoms with Crippen LogP contribution < -0.4 is 0 Å². The number of ketones is 1. The first kappa shape index (κ1) is 12.6. The van der Waals surface area contributed by atoms with Gasteiger partial charge in [0, 0.05) is 10.8 Å². The molecule has 92 valence electrons. The Bertz CT molecular complexity index is 368. The van der Waals surface area contributed by atoms with Crippen molar-refractivity contribution < 1.29 is 9.18 Å². The molecule has 0 aromatic heterocycles. The summed E-state index contributed by atoms with van der Waals surface area (Å²) in [5.74, 6) is 0.930. The van der Waals surface area contributed by atoms with Gasteiger partial charge in [0.2, 0.25) is 0 Å². The highest BCUT2D eigenvalue weighted by Crippen LogP contribution is 2.27. The van der Waals surface area contributed by atoms with E-state index in [1.165, 1.54) is 43.2 Å². The standard InChI is InChI=1S/C14H17FOS/c15-12-6-8-13(9-7-12)17-10-14(16)11-4-2-1-3-5-11/h6-9,11H,1-5,10H2. The van der Waals surface area contributed by atoms with Crippen LogP contribution in [0.4, 0.5) is 4.39 Å². The SMILES string of the molecule is O=C(CSc1ccc(F)cc1)C1CCCCC1. The lowest BCUT2D eigenvalue weighted by molar-refractivity contribution is -0.121. The lowest BCUT2D eigenvalue weighted by Gasteiger charge is -2.19. The van der Waals surface area contributed by atoms with Crippen LogP contribution in [-0.2, 0) is 4.79 Å². The van der Waals surface area contributed by atoms with Crippen molar-refractivity contribution in [3.8, 4) is 0 Å². The number of carbonyl (C=O) groups excluding carboxylic acids is 1. The van der Waals surface area contributed by atoms with Crippen LogP contribution in [0.3, 0.4) is 0 Å². The Morgan fingerprint density at radius 2 is 1.82 bits per heavy atom. The molecular weight excluding hydrogens is 235 g/mol. The maximum Gasteiger partial charge on any atom is 0.146 e. The zero-order chi connectivity index (χ0) is 12.1. The normalized spacial score (nSPS) is 17.0. The summed E-state index contributed by atoms with van der Waals surface area (Å²) in [6, 6.07) is 6.34. The van der Waals surface area contributed by atoms with E-state index in [2.05, 4.69) is 0 Å². The molecule has 1 aliphatic rings. The number of hydrogen-bond donors (Lipinski definition) is 0. The van der Waals surface area contributed by atoms with Crippen LogP contribution in [0.25, 0.3) is 0 Å². The minimum absolute atomic E-state index is 0.229. The van der Waals surface area contributed by atoms with Gasteiger partial charge in [0.15, 0.2) is 0 Å². The van der Waals surface area contributed by atoms with E-state index in [1.807, 2.05) is 0 Å². The summed E-state index contributed by atoms with van der Waals surface area (Å²) in [6.45, 7) is 0. The lowest BCUT2D eigenvalue weighted by Crippen LogP contribution is -2.19. The fraction of sp³-hybridized carbons (Fsp3) is 0.500. The average molecular weight is 252 g/mol. The quantitative estimate of drug-likeness (QED) is 0.751. The molecule has 0 unspecified atom stereocenters. The maximum absolute atomic E-state index is 12.7. The summed E-state index contributed by atoms with van der Waals surface area (Å²) in [5.41, 5.74) is 0. The molecule has 3 heteroatoms. The molecule has 0 heterocycles. The molecule has 1 fully saturated rings. The fourth-order valence-electron chi connectivity index (χ4n) is 2.23. The Kier molecular flexibility index (Phi) is 4.60. The number of halogens is 1. The Balaban J connectivity index is 1.81. The summed E-state index contributed by atoms with van der Waals surface area (Å²) in [6.07, 6.45) is 5.77. The molecule has 0 N–H and O–H groups in total. The largest absolute Gasteiger partial charge is 0.298 e. The molecule has 0 amide bonds. The zero-order valence-corrected chi connectivity index (χ0v) is 10.6. The minimum atomic E-state index is -0.229. The van der Waals surface area contributed by atoms with Gasteiger partial charge in [-0.25, -0.2) is 4.39 Å². The van der Waals surface area contributed by atoms with Crippen molar-refractivity contribution in [2.45, 2.75) is 37.0 Å². The molecule has 17 heavy (non-hydrogen) atoms. The van der Waals surface area contributed by atoms with E-state index in [9.17, 15) is 9.18 Å². The molecule has 1 saturated carbocycles. The molecule has 0 aliphatic heterocycles. The maximum atomic E-state index is 12.7. The first-order chi connectivity index (χ1) is 8.25. The van der Waals surface area contributed by atoms with Crippen molar-refractivity contribution in [2.24, 2.45) is 5.92 Å². The van der Waals surface area contributed by atoms with Gasteiger partial charge in [0.05, 0.1) is 5.75 Å². The molecule has 1 nitrogen and oxygen atoms in total. The van der Waals surface area contributed by atoms with Crippen LogP contribution in [0, 0.1) is 11.7 Å². The Morgan fingerprint density at radius 1 is 1.18 bits per heavy atom. The highest BCUT2D eigenvalue weighted by molar-refractivity contribution is 8.00. The Hall–Kier alpha value is -0.830. The molecule has 0 radical (unpaired) electrons. The van der Waals surface area contributed by atoms with Crippen molar-refractivity contribution >= 4 is 17.5 Å². The van der Waals surface area contributed by atoms with E-state index >= 15 is 0 Å². The summed E-state index contributed by atoms with van der Waals surface area (Å²) >= 11 is 1.51. The predicted molar refractivity (Wildman–Crippen MR) is 68.7 cm³/mol. The topological polar surface area (TPSA) is 17.1 Å². The Morgan fingerprint density at radius 3 is 2.47 bits per heavy atom. The molecule has 0 saturated heterocycles. The number of hydrogen-bond acceptors (Lipinski definition) is 2. The van der Waals surface area contributed by atoms with Gasteiger partial charge in [0.1, 0.15) is 11.6 Å². The first-order valence-electron chi connectivity index (χ1n) is 6.17. The molecule has 0 bridgehead atoms. The highest BCUT2D eigenvalue weighted by Gasteiger charge is 2.20. The van der Waals surface area contributed by atoms with Crippen molar-refractivity contribution in [1.29, 1.82) is 0 Å². The fourth-order valence-corrected chi connectivity index (χ4v) is 3.10. The minimum Gasteiger partial charge on any atom is -0.298 e. The zero-order valence-electron chi connectivity index (χ0n) is 9.82. The third-order valence-electron chi connectivity index (χ3n) is 3.26. The number of carbonyl (C=O) groups is 1. The van der Waals surface area contributed by atoms with Gasteiger partial charge in [-0.15, -0.1) is 11.8 Å². The van der Waals surface area contributed by atoms with E-state index in [-0.39, 0.29) is 11.7 Å². The molecule has 0 atom stereocenters. The smallest absolute Gasteiger partial charge is 0.146 e. The van der Waals surface area contributed by atoms with Crippen molar-refractivity contribution in [1.82, 2.24) is 0 Å². The molecular formula is C14H17FOS. The second-order valence-corrected chi connectivity index (χ2v) is 5.59. The second kappa shape index (κ2) is 6.20. The van der Waals surface area contributed by atoms with E-state index in [0.717, 1.165) is 17.7 Å². The van der Waals surface area contributed by atoms with Gasteiger partial charge in [-0.2, -0.15) is 0 Å². The molecule has 0 spiro atoms. The summed E-state index contributed by atoms with van der Waals surface area (Å²) in [4.78, 5) is 12.9. The van der Waals surface area contributed by atoms with Crippen molar-refractivity contribution in [3.05, 3.63) is 30.1 Å². The van der Waals surface area contributed by atoms with Crippen LogP contribution in [0.5, 0.6) is 0 Å². The Labute approximate surface area is 106 Å². The van der Waals surface area contributed by atoms with E-state index in [0.29, 0.717) is 11.5 Å². The molecule has 1 aromatic rings. The number of Topliss-reactive ketones (excluding diaryl/α,β-unsaturated/α-hetero) is 1. The summed E-state index contributed by atoms with van der Waals surface area (Å²) < 4.78 is 12.7. The number of benzene rings is 1. The van der Waals surface area contributed by atoms with Crippen LogP contribution in [0.1, 0.15) is 32.1 Å². The van der Waals surface area contributed by atoms with Crippen molar-refractivity contribution in [3.63, 3.8) is 0 Å². The second-order valence-electron chi connectivity index (χ2n) is 4.54. The lowest BCUT2D eigenvalue weighted by atomic mass is 9.87. The van der Waals surface area contributed by atoms with Gasteiger partial charge < -0.3 is 0 Å². The van der Waals surface area contributed by atoms with Crippen LogP contribution in [0.15, 0.2) is 29.2 Å². The number of rotatable bonds is 4. The van der Waals surface area contributed by atoms with E-state index in [4.69, 9.17) is 0 Å². The van der Waals surface area contributed by atoms with E-state index in [1.54, 1.807) is 12.1 Å². The first-order valence-corrected chi connectivity index (χ1v) is 7.15. The van der Waals surface area contributed by atoms with Gasteiger partial charge in [0.25, 0.3) is 0 Å². The van der Waals surface area contributed by atoms with Crippen LogP contribution in [0.2, 0.25) is 0 Å². The third kappa shape index (κ3) is 3.84. The van der Waals surface area contributed by atoms with Crippen LogP contribution >= 0.6 is 11.8 Å². The number of thioether (sulfide) groups is 1. The predicted octanol–water partition coefficient (Wildman–Crippen LogP) is 4.07. The average Bonchev–Trinajstić information content (AvgIpc) is 2.39. The van der Waals surface area contributed by atoms with E-state index < -0.39 is 0 Å². The van der Waals surface area contributed by atoms with Crippen molar-refractivity contribution in [2.75, 3.05) is 5.75 Å². The molecule has 2 rings (SSSR count). The van der Waals surface area contributed by atoms with Crippen LogP contribution in [-0.4, -0.2) is 11.5 Å². The van der Waals surface area contributed by atoms with Gasteiger partial charge >= 0.3 is 0 Å². The van der Waals surface area contributed by atoms with Gasteiger partial charge in [-0.05, 0) is 37.1 Å². The monoisotopic (exact) mass is 252 g/mol. The van der Waals surface area contributed by atoms with Gasteiger partial charge in [-0.1, -0.05) is 19.3 Å².